The molecule has 1 nitrogen and oxygen atoms in total. The van der Waals surface area contributed by atoms with E-state index >= 15 is 0 Å². The van der Waals surface area contributed by atoms with Crippen molar-refractivity contribution >= 4 is 8.07 Å². The lowest BCUT2D eigenvalue weighted by Gasteiger charge is -2.18. The first-order valence-corrected chi connectivity index (χ1v) is 8.07. The van der Waals surface area contributed by atoms with Crippen LogP contribution in [0, 0.1) is 0 Å². The van der Waals surface area contributed by atoms with Gasteiger partial charge >= 0.3 is 0 Å². The standard InChI is InChI=1S/C9H18OSi/c1-11(2,3)7-8-5-4-6-9(8)10/h5,9-10H,4,6-7H2,1-3H3/t9-/m0/s1. The van der Waals surface area contributed by atoms with Gasteiger partial charge in [0.05, 0.1) is 6.10 Å². The van der Waals surface area contributed by atoms with Crippen molar-refractivity contribution in [2.45, 2.75) is 44.6 Å². The van der Waals surface area contributed by atoms with E-state index in [2.05, 4.69) is 25.7 Å². The molecule has 0 heterocycles. The monoisotopic (exact) mass is 170 g/mol. The molecule has 11 heavy (non-hydrogen) atoms. The maximum Gasteiger partial charge on any atom is 0.0750 e. The summed E-state index contributed by atoms with van der Waals surface area (Å²) in [6, 6.07) is 1.17. The van der Waals surface area contributed by atoms with Gasteiger partial charge in [-0.3, -0.25) is 0 Å². The summed E-state index contributed by atoms with van der Waals surface area (Å²) >= 11 is 0. The molecule has 0 amide bonds. The van der Waals surface area contributed by atoms with Gasteiger partial charge in [0.2, 0.25) is 0 Å². The Hall–Kier alpha value is -0.0831. The molecule has 0 aromatic heterocycles. The summed E-state index contributed by atoms with van der Waals surface area (Å²) in [6.45, 7) is 7.04. The van der Waals surface area contributed by atoms with Crippen LogP contribution in [0.25, 0.3) is 0 Å². The topological polar surface area (TPSA) is 20.2 Å². The van der Waals surface area contributed by atoms with E-state index in [0.29, 0.717) is 0 Å². The van der Waals surface area contributed by atoms with E-state index in [1.54, 1.807) is 0 Å². The Bertz CT molecular complexity index is 167. The summed E-state index contributed by atoms with van der Waals surface area (Å²) in [7, 11) is -0.992. The number of allylic oxidation sites excluding steroid dienone is 1. The first-order chi connectivity index (χ1) is 4.99. The van der Waals surface area contributed by atoms with Crippen LogP contribution in [0.2, 0.25) is 25.7 Å². The Labute approximate surface area is 70.1 Å². The molecule has 0 aliphatic heterocycles. The molecule has 0 saturated carbocycles. The summed E-state index contributed by atoms with van der Waals surface area (Å²) < 4.78 is 0. The first kappa shape index (κ1) is 9.01. The average Bonchev–Trinajstić information content (AvgIpc) is 2.12. The molecule has 0 spiro atoms. The van der Waals surface area contributed by atoms with Gasteiger partial charge in [-0.15, -0.1) is 0 Å². The van der Waals surface area contributed by atoms with Gasteiger partial charge in [0, 0.05) is 8.07 Å². The zero-order valence-electron chi connectivity index (χ0n) is 7.72. The number of aliphatic hydroxyl groups excluding tert-OH is 1. The molecule has 0 aromatic carbocycles. The van der Waals surface area contributed by atoms with E-state index in [4.69, 9.17) is 0 Å². The minimum absolute atomic E-state index is 0.110. The zero-order valence-corrected chi connectivity index (χ0v) is 8.72. The Kier molecular flexibility index (Phi) is 2.55. The molecular weight excluding hydrogens is 152 g/mol. The maximum absolute atomic E-state index is 9.51. The van der Waals surface area contributed by atoms with Gasteiger partial charge in [-0.1, -0.05) is 25.7 Å². The molecule has 0 saturated heterocycles. The molecule has 1 rings (SSSR count). The van der Waals surface area contributed by atoms with Crippen LogP contribution in [0.4, 0.5) is 0 Å². The van der Waals surface area contributed by atoms with Crippen LogP contribution in [-0.4, -0.2) is 19.3 Å². The fourth-order valence-corrected chi connectivity index (χ4v) is 3.16. The van der Waals surface area contributed by atoms with Crippen LogP contribution in [0.1, 0.15) is 12.8 Å². The lowest BCUT2D eigenvalue weighted by atomic mass is 10.2. The molecule has 0 bridgehead atoms. The van der Waals surface area contributed by atoms with Crippen LogP contribution in [0.5, 0.6) is 0 Å². The van der Waals surface area contributed by atoms with Crippen LogP contribution in [-0.2, 0) is 0 Å². The van der Waals surface area contributed by atoms with Gasteiger partial charge in [-0.2, -0.15) is 0 Å². The largest absolute Gasteiger partial charge is 0.389 e. The van der Waals surface area contributed by atoms with Crippen molar-refractivity contribution in [1.29, 1.82) is 0 Å². The molecule has 64 valence electrons. The summed E-state index contributed by atoms with van der Waals surface area (Å²) in [5.41, 5.74) is 1.31. The SMILES string of the molecule is C[Si](C)(C)CC1=CCC[C@@H]1O. The second-order valence-corrected chi connectivity index (χ2v) is 10.1. The van der Waals surface area contributed by atoms with Crippen molar-refractivity contribution in [2.24, 2.45) is 0 Å². The smallest absolute Gasteiger partial charge is 0.0750 e. The third-order valence-electron chi connectivity index (χ3n) is 2.01. The van der Waals surface area contributed by atoms with Gasteiger partial charge in [0.25, 0.3) is 0 Å². The van der Waals surface area contributed by atoms with E-state index in [-0.39, 0.29) is 6.10 Å². The molecule has 1 aliphatic carbocycles. The molecule has 0 fully saturated rings. The number of rotatable bonds is 2. The van der Waals surface area contributed by atoms with Crippen LogP contribution in [0.3, 0.4) is 0 Å². The summed E-state index contributed by atoms with van der Waals surface area (Å²) in [5.74, 6) is 0. The number of hydrogen-bond acceptors (Lipinski definition) is 1. The van der Waals surface area contributed by atoms with Crippen molar-refractivity contribution in [3.63, 3.8) is 0 Å². The van der Waals surface area contributed by atoms with Crippen molar-refractivity contribution in [2.75, 3.05) is 0 Å². The third-order valence-corrected chi connectivity index (χ3v) is 3.48. The minimum atomic E-state index is -0.992. The zero-order chi connectivity index (χ0) is 8.48. The van der Waals surface area contributed by atoms with E-state index in [1.807, 2.05) is 0 Å². The molecule has 2 heteroatoms. The van der Waals surface area contributed by atoms with Gasteiger partial charge in [-0.25, -0.2) is 0 Å². The lowest BCUT2D eigenvalue weighted by Crippen LogP contribution is -2.22. The van der Waals surface area contributed by atoms with Crippen LogP contribution in [0.15, 0.2) is 11.6 Å². The second-order valence-electron chi connectivity index (χ2n) is 4.61. The van der Waals surface area contributed by atoms with E-state index in [9.17, 15) is 5.11 Å². The molecule has 0 aromatic rings. The predicted octanol–water partition coefficient (Wildman–Crippen LogP) is 2.41. The van der Waals surface area contributed by atoms with Gasteiger partial charge in [0.1, 0.15) is 0 Å². The minimum Gasteiger partial charge on any atom is -0.389 e. The first-order valence-electron chi connectivity index (χ1n) is 4.36. The summed E-state index contributed by atoms with van der Waals surface area (Å²) in [6.07, 6.45) is 4.16. The normalized spacial score (nSPS) is 25.5. The molecular formula is C9H18OSi. The summed E-state index contributed by atoms with van der Waals surface area (Å²) in [4.78, 5) is 0. The Morgan fingerprint density at radius 3 is 2.55 bits per heavy atom. The van der Waals surface area contributed by atoms with Crippen LogP contribution >= 0.6 is 0 Å². The predicted molar refractivity (Wildman–Crippen MR) is 51.5 cm³/mol. The highest BCUT2D eigenvalue weighted by atomic mass is 28.3. The van der Waals surface area contributed by atoms with Crippen LogP contribution < -0.4 is 0 Å². The van der Waals surface area contributed by atoms with Gasteiger partial charge in [0.15, 0.2) is 0 Å². The fraction of sp³-hybridized carbons (Fsp3) is 0.778. The van der Waals surface area contributed by atoms with E-state index in [0.717, 1.165) is 12.8 Å². The number of hydrogen-bond donors (Lipinski definition) is 1. The molecule has 0 unspecified atom stereocenters. The quantitative estimate of drug-likeness (QED) is 0.498. The third kappa shape index (κ3) is 2.79. The Morgan fingerprint density at radius 1 is 1.55 bits per heavy atom. The number of aliphatic hydroxyl groups is 1. The second kappa shape index (κ2) is 3.11. The van der Waals surface area contributed by atoms with Gasteiger partial charge in [-0.05, 0) is 24.5 Å². The van der Waals surface area contributed by atoms with E-state index in [1.165, 1.54) is 11.6 Å². The molecule has 1 N–H and O–H groups in total. The van der Waals surface area contributed by atoms with Crippen molar-refractivity contribution in [1.82, 2.24) is 0 Å². The highest BCUT2D eigenvalue weighted by molar-refractivity contribution is 6.76. The highest BCUT2D eigenvalue weighted by Gasteiger charge is 2.22. The highest BCUT2D eigenvalue weighted by Crippen LogP contribution is 2.26. The summed E-state index contributed by atoms with van der Waals surface area (Å²) in [5, 5.41) is 9.51. The Morgan fingerprint density at radius 2 is 2.18 bits per heavy atom. The Balaban J connectivity index is 2.49. The lowest BCUT2D eigenvalue weighted by molar-refractivity contribution is 0.211. The average molecular weight is 170 g/mol. The van der Waals surface area contributed by atoms with Crippen molar-refractivity contribution in [3.05, 3.63) is 11.6 Å². The van der Waals surface area contributed by atoms with Crippen molar-refractivity contribution < 1.29 is 5.11 Å². The molecule has 0 radical (unpaired) electrons. The molecule has 1 aliphatic rings. The van der Waals surface area contributed by atoms with Gasteiger partial charge < -0.3 is 5.11 Å². The van der Waals surface area contributed by atoms with E-state index < -0.39 is 8.07 Å². The fourth-order valence-electron chi connectivity index (χ4n) is 1.55. The molecule has 1 atom stereocenters. The maximum atomic E-state index is 9.51. The van der Waals surface area contributed by atoms with Crippen molar-refractivity contribution in [3.8, 4) is 0 Å².